The van der Waals surface area contributed by atoms with Crippen molar-refractivity contribution in [3.05, 3.63) is 156 Å². The fraction of sp³-hybridized carbons (Fsp3) is 0.0465. The van der Waals surface area contributed by atoms with Crippen molar-refractivity contribution in [1.82, 2.24) is 0 Å². The largest absolute Gasteiger partial charge is 0.433 e. The molecule has 250 valence electrons. The van der Waals surface area contributed by atoms with Crippen LogP contribution in [0.4, 0.5) is 37.7 Å². The number of fused-ring (bicyclic) bond motifs is 2. The highest BCUT2D eigenvalue weighted by Gasteiger charge is 2.33. The van der Waals surface area contributed by atoms with E-state index in [1.807, 2.05) is 59.5 Å². The molecule has 0 bridgehead atoms. The molecule has 0 saturated heterocycles. The van der Waals surface area contributed by atoms with Crippen molar-refractivity contribution < 1.29 is 26.3 Å². The van der Waals surface area contributed by atoms with Crippen LogP contribution in [0.15, 0.2) is 144 Å². The number of anilines is 2. The highest BCUT2D eigenvalue weighted by molar-refractivity contribution is 6.25. The van der Waals surface area contributed by atoms with Crippen molar-refractivity contribution in [3.8, 4) is 11.1 Å². The quantitative estimate of drug-likeness (QED) is 0.0425. The van der Waals surface area contributed by atoms with Crippen LogP contribution in [0, 0.1) is 17.5 Å². The van der Waals surface area contributed by atoms with Crippen LogP contribution >= 0.6 is 0 Å². The smallest absolute Gasteiger partial charge is 0.313 e. The van der Waals surface area contributed by atoms with Gasteiger partial charge in [-0.25, -0.2) is 13.2 Å². The minimum absolute atomic E-state index is 0.141. The average molecular weight is 685 g/mol. The predicted octanol–water partition coefficient (Wildman–Crippen LogP) is 13.2. The normalized spacial score (nSPS) is 12.9. The Balaban J connectivity index is 1.49. The van der Waals surface area contributed by atoms with E-state index in [1.165, 1.54) is 6.08 Å². The Hall–Kier alpha value is -6.15. The van der Waals surface area contributed by atoms with Crippen LogP contribution in [0.5, 0.6) is 0 Å². The Morgan fingerprint density at radius 1 is 0.627 bits per heavy atom. The second-order valence-electron chi connectivity index (χ2n) is 12.4. The molecule has 0 amide bonds. The van der Waals surface area contributed by atoms with Crippen LogP contribution in [0.1, 0.15) is 6.92 Å². The lowest BCUT2D eigenvalue weighted by Gasteiger charge is -2.30. The Labute approximate surface area is 288 Å². The first kappa shape index (κ1) is 32.1. The van der Waals surface area contributed by atoms with E-state index in [2.05, 4.69) is 36.0 Å². The molecule has 0 aromatic heterocycles. The standard InChI is InChI=1S/C43H26F6N2/c1-24(14-19-37(50-2)43(47,48)49)51(30-20-27-17-15-25-8-7-9-26-16-18-28(21-30)39(27)38(25)26)42-33-12-5-3-10-31(33)40(32-11-4-6-13-34(32)42)29-22-35(44)41(46)36(45)23-29/h3-23H,2H2,1H3/b24-14+,37-19-. The van der Waals surface area contributed by atoms with Crippen molar-refractivity contribution in [1.29, 1.82) is 0 Å². The molecule has 0 aliphatic carbocycles. The summed E-state index contributed by atoms with van der Waals surface area (Å²) in [6.45, 7) is 4.83. The molecule has 2 nitrogen and oxygen atoms in total. The summed E-state index contributed by atoms with van der Waals surface area (Å²) in [7, 11) is 0. The molecule has 0 spiro atoms. The molecule has 0 aliphatic heterocycles. The highest BCUT2D eigenvalue weighted by atomic mass is 19.4. The number of benzene rings is 8. The maximum absolute atomic E-state index is 14.7. The Kier molecular flexibility index (Phi) is 7.56. The number of rotatable bonds is 6. The van der Waals surface area contributed by atoms with Crippen molar-refractivity contribution in [2.75, 3.05) is 4.90 Å². The lowest BCUT2D eigenvalue weighted by Crippen LogP contribution is -2.16. The van der Waals surface area contributed by atoms with Gasteiger partial charge in [0.2, 0.25) is 0 Å². The van der Waals surface area contributed by atoms with E-state index >= 15 is 0 Å². The van der Waals surface area contributed by atoms with E-state index in [-0.39, 0.29) is 5.56 Å². The summed E-state index contributed by atoms with van der Waals surface area (Å²) >= 11 is 0. The highest BCUT2D eigenvalue weighted by Crippen LogP contribution is 2.48. The van der Waals surface area contributed by atoms with E-state index in [1.54, 1.807) is 31.2 Å². The second kappa shape index (κ2) is 12.0. The topological polar surface area (TPSA) is 15.6 Å². The summed E-state index contributed by atoms with van der Waals surface area (Å²) in [5, 5.41) is 8.74. The molecule has 0 aliphatic rings. The lowest BCUT2D eigenvalue weighted by molar-refractivity contribution is -0.0922. The predicted molar refractivity (Wildman–Crippen MR) is 196 cm³/mol. The van der Waals surface area contributed by atoms with Crippen LogP contribution in [0.2, 0.25) is 0 Å². The molecule has 8 aromatic rings. The molecule has 0 radical (unpaired) electrons. The number of aliphatic imine (C=N–C) groups is 1. The van der Waals surface area contributed by atoms with Gasteiger partial charge in [0.1, 0.15) is 5.70 Å². The van der Waals surface area contributed by atoms with E-state index < -0.39 is 29.3 Å². The summed E-state index contributed by atoms with van der Waals surface area (Å²) in [5.74, 6) is -4.20. The molecule has 0 atom stereocenters. The van der Waals surface area contributed by atoms with E-state index in [4.69, 9.17) is 0 Å². The monoisotopic (exact) mass is 684 g/mol. The van der Waals surface area contributed by atoms with E-state index in [0.717, 1.165) is 50.5 Å². The summed E-state index contributed by atoms with van der Waals surface area (Å²) in [6, 6.07) is 34.8. The molecule has 51 heavy (non-hydrogen) atoms. The zero-order valence-electron chi connectivity index (χ0n) is 27.0. The fourth-order valence-corrected chi connectivity index (χ4v) is 7.24. The maximum atomic E-state index is 14.7. The summed E-state index contributed by atoms with van der Waals surface area (Å²) < 4.78 is 84.9. The van der Waals surface area contributed by atoms with Gasteiger partial charge >= 0.3 is 6.18 Å². The third-order valence-corrected chi connectivity index (χ3v) is 9.40. The molecular formula is C43H26F6N2. The van der Waals surface area contributed by atoms with Crippen LogP contribution in [-0.4, -0.2) is 12.9 Å². The Bertz CT molecular complexity index is 2620. The molecule has 0 unspecified atom stereocenters. The van der Waals surface area contributed by atoms with Gasteiger partial charge in [-0.1, -0.05) is 91.0 Å². The minimum atomic E-state index is -4.72. The fourth-order valence-electron chi connectivity index (χ4n) is 7.24. The first-order valence-electron chi connectivity index (χ1n) is 16.0. The van der Waals surface area contributed by atoms with Crippen LogP contribution in [0.25, 0.3) is 65.0 Å². The van der Waals surface area contributed by atoms with Gasteiger partial charge in [-0.3, -0.25) is 4.99 Å². The Morgan fingerprint density at radius 2 is 1.12 bits per heavy atom. The number of alkyl halides is 3. The molecular weight excluding hydrogens is 658 g/mol. The first-order chi connectivity index (χ1) is 24.5. The van der Waals surface area contributed by atoms with Gasteiger partial charge in [0.05, 0.1) is 5.69 Å². The zero-order chi connectivity index (χ0) is 35.6. The summed E-state index contributed by atoms with van der Waals surface area (Å²) in [5.41, 5.74) is 1.20. The molecule has 0 saturated carbocycles. The average Bonchev–Trinajstić information content (AvgIpc) is 3.12. The van der Waals surface area contributed by atoms with E-state index in [0.29, 0.717) is 44.2 Å². The number of allylic oxidation sites excluding steroid dienone is 4. The van der Waals surface area contributed by atoms with Gasteiger partial charge in [0, 0.05) is 22.2 Å². The zero-order valence-corrected chi connectivity index (χ0v) is 27.0. The molecule has 8 rings (SSSR count). The van der Waals surface area contributed by atoms with Gasteiger partial charge in [0.15, 0.2) is 17.5 Å². The van der Waals surface area contributed by atoms with Crippen molar-refractivity contribution in [3.63, 3.8) is 0 Å². The van der Waals surface area contributed by atoms with Gasteiger partial charge in [-0.2, -0.15) is 13.2 Å². The molecule has 8 aromatic carbocycles. The SMILES string of the molecule is C=N/C(=C\C=C(/C)N(c1cc2ccc3cccc4ccc(c1)c2c34)c1c2ccccc2c(-c2cc(F)c(F)c(F)c2)c2ccccc12)C(F)(F)F. The van der Waals surface area contributed by atoms with Gasteiger partial charge < -0.3 is 4.90 Å². The van der Waals surface area contributed by atoms with Crippen LogP contribution in [0.3, 0.4) is 0 Å². The van der Waals surface area contributed by atoms with E-state index in [9.17, 15) is 26.3 Å². The Morgan fingerprint density at radius 3 is 1.63 bits per heavy atom. The number of nitrogens with zero attached hydrogens (tertiary/aromatic N) is 2. The van der Waals surface area contributed by atoms with Gasteiger partial charge in [-0.15, -0.1) is 0 Å². The molecule has 0 fully saturated rings. The minimum Gasteiger partial charge on any atom is -0.313 e. The third kappa shape index (κ3) is 5.26. The second-order valence-corrected chi connectivity index (χ2v) is 12.4. The third-order valence-electron chi connectivity index (χ3n) is 9.40. The van der Waals surface area contributed by atoms with Crippen molar-refractivity contribution in [2.24, 2.45) is 4.99 Å². The molecule has 0 N–H and O–H groups in total. The maximum Gasteiger partial charge on any atom is 0.433 e. The number of hydrogen-bond donors (Lipinski definition) is 0. The van der Waals surface area contributed by atoms with Crippen LogP contribution < -0.4 is 4.90 Å². The molecule has 0 heterocycles. The van der Waals surface area contributed by atoms with Crippen molar-refractivity contribution in [2.45, 2.75) is 13.1 Å². The summed E-state index contributed by atoms with van der Waals surface area (Å²) in [6.07, 6.45) is -2.48. The van der Waals surface area contributed by atoms with Crippen LogP contribution in [-0.2, 0) is 0 Å². The molecule has 8 heteroatoms. The lowest BCUT2D eigenvalue weighted by atomic mass is 9.89. The first-order valence-corrected chi connectivity index (χ1v) is 16.0. The van der Waals surface area contributed by atoms with Crippen molar-refractivity contribution >= 4 is 72.0 Å². The summed E-state index contributed by atoms with van der Waals surface area (Å²) in [4.78, 5) is 5.12. The van der Waals surface area contributed by atoms with Gasteiger partial charge in [-0.05, 0) is 104 Å². The number of halogens is 6. The number of hydrogen-bond acceptors (Lipinski definition) is 2. The van der Waals surface area contributed by atoms with Gasteiger partial charge in [0.25, 0.3) is 0 Å².